The average molecular weight is 376 g/mol. The van der Waals surface area contributed by atoms with Crippen molar-refractivity contribution >= 4 is 23.2 Å². The Kier molecular flexibility index (Phi) is 5.98. The molecule has 2 aromatic rings. The first-order valence-corrected chi connectivity index (χ1v) is 9.53. The smallest absolute Gasteiger partial charge is 0.303 e. The predicted octanol–water partition coefficient (Wildman–Crippen LogP) is 3.59. The molecule has 1 N–H and O–H groups in total. The summed E-state index contributed by atoms with van der Waals surface area (Å²) in [5.41, 5.74) is 0.950. The first-order valence-electron chi connectivity index (χ1n) is 8.71. The van der Waals surface area contributed by atoms with Crippen LogP contribution >= 0.6 is 11.3 Å². The number of carbonyl (C=O) groups is 2. The van der Waals surface area contributed by atoms with Gasteiger partial charge in [0.05, 0.1) is 11.2 Å². The molecule has 1 aromatic carbocycles. The quantitative estimate of drug-likeness (QED) is 0.836. The Bertz CT molecular complexity index is 775. The van der Waals surface area contributed by atoms with Gasteiger partial charge in [0.1, 0.15) is 10.7 Å². The molecule has 1 atom stereocenters. The van der Waals surface area contributed by atoms with Crippen LogP contribution < -0.4 is 0 Å². The van der Waals surface area contributed by atoms with E-state index in [1.54, 1.807) is 18.3 Å². The van der Waals surface area contributed by atoms with Gasteiger partial charge < -0.3 is 10.0 Å². The number of benzene rings is 1. The zero-order valence-electron chi connectivity index (χ0n) is 14.4. The maximum atomic E-state index is 13.0. The summed E-state index contributed by atoms with van der Waals surface area (Å²) in [6.07, 6.45) is 4.80. The minimum Gasteiger partial charge on any atom is -0.481 e. The Morgan fingerprint density at radius 2 is 2.08 bits per heavy atom. The molecule has 5 nitrogen and oxygen atoms in total. The monoisotopic (exact) mass is 376 g/mol. The van der Waals surface area contributed by atoms with Gasteiger partial charge in [-0.15, -0.1) is 11.3 Å². The van der Waals surface area contributed by atoms with Crippen LogP contribution in [0, 0.1) is 11.7 Å². The lowest BCUT2D eigenvalue weighted by atomic mass is 9.93. The number of hydrogen-bond donors (Lipinski definition) is 1. The van der Waals surface area contributed by atoms with Crippen molar-refractivity contribution in [3.8, 4) is 0 Å². The van der Waals surface area contributed by atoms with Crippen molar-refractivity contribution in [2.75, 3.05) is 13.1 Å². The summed E-state index contributed by atoms with van der Waals surface area (Å²) >= 11 is 1.36. The van der Waals surface area contributed by atoms with Gasteiger partial charge in [0.15, 0.2) is 0 Å². The number of aliphatic carboxylic acids is 1. The van der Waals surface area contributed by atoms with Crippen molar-refractivity contribution in [1.29, 1.82) is 0 Å². The van der Waals surface area contributed by atoms with Crippen LogP contribution in [-0.4, -0.2) is 40.0 Å². The summed E-state index contributed by atoms with van der Waals surface area (Å²) in [6.45, 7) is 1.31. The normalized spacial score (nSPS) is 17.3. The van der Waals surface area contributed by atoms with Gasteiger partial charge >= 0.3 is 5.97 Å². The number of carboxylic acids is 1. The maximum Gasteiger partial charge on any atom is 0.303 e. The second-order valence-corrected chi connectivity index (χ2v) is 7.73. The van der Waals surface area contributed by atoms with Gasteiger partial charge in [0.2, 0.25) is 0 Å². The van der Waals surface area contributed by atoms with Crippen molar-refractivity contribution in [1.82, 2.24) is 9.88 Å². The highest BCUT2D eigenvalue weighted by atomic mass is 32.1. The van der Waals surface area contributed by atoms with E-state index >= 15 is 0 Å². The Morgan fingerprint density at radius 3 is 2.81 bits per heavy atom. The zero-order chi connectivity index (χ0) is 18.5. The molecule has 1 fully saturated rings. The van der Waals surface area contributed by atoms with Crippen LogP contribution in [0.1, 0.15) is 45.9 Å². The second-order valence-electron chi connectivity index (χ2n) is 6.61. The fourth-order valence-electron chi connectivity index (χ4n) is 3.24. The molecule has 1 aromatic heterocycles. The third-order valence-corrected chi connectivity index (χ3v) is 5.59. The number of halogens is 1. The van der Waals surface area contributed by atoms with Crippen LogP contribution in [0.3, 0.4) is 0 Å². The number of hydrogen-bond acceptors (Lipinski definition) is 4. The molecule has 26 heavy (non-hydrogen) atoms. The van der Waals surface area contributed by atoms with E-state index in [4.69, 9.17) is 5.11 Å². The standard InChI is InChI=1S/C19H21FN2O3S/c20-15-6-3-13(4-7-15)10-17-21-11-16(26-17)19(25)22-9-1-2-14(12-22)5-8-18(23)24/h3-4,6-7,11,14H,1-2,5,8-10,12H2,(H,23,24)/t14-/m1/s1. The minimum absolute atomic E-state index is 0.0344. The molecule has 1 amide bonds. The van der Waals surface area contributed by atoms with Gasteiger partial charge in [0.25, 0.3) is 5.91 Å². The van der Waals surface area contributed by atoms with Gasteiger partial charge in [0, 0.05) is 25.9 Å². The number of likely N-dealkylation sites (tertiary alicyclic amines) is 1. The van der Waals surface area contributed by atoms with Gasteiger partial charge in [-0.2, -0.15) is 0 Å². The number of amides is 1. The van der Waals surface area contributed by atoms with Gasteiger partial charge in [-0.3, -0.25) is 9.59 Å². The van der Waals surface area contributed by atoms with E-state index in [1.807, 2.05) is 4.90 Å². The highest BCUT2D eigenvalue weighted by Crippen LogP contribution is 2.25. The molecule has 1 aliphatic heterocycles. The van der Waals surface area contributed by atoms with Gasteiger partial charge in [-0.25, -0.2) is 9.37 Å². The Labute approximate surface area is 155 Å². The molecule has 1 aliphatic rings. The van der Waals surface area contributed by atoms with Crippen molar-refractivity contribution < 1.29 is 19.1 Å². The largest absolute Gasteiger partial charge is 0.481 e. The molecule has 3 rings (SSSR count). The molecule has 0 unspecified atom stereocenters. The first kappa shape index (κ1) is 18.5. The van der Waals surface area contributed by atoms with Crippen LogP contribution in [0.25, 0.3) is 0 Å². The lowest BCUT2D eigenvalue weighted by Gasteiger charge is -2.32. The number of aromatic nitrogens is 1. The lowest BCUT2D eigenvalue weighted by Crippen LogP contribution is -2.39. The first-order chi connectivity index (χ1) is 12.5. The van der Waals surface area contributed by atoms with Crippen LogP contribution in [0.5, 0.6) is 0 Å². The molecule has 1 saturated heterocycles. The number of nitrogens with zero attached hydrogens (tertiary/aromatic N) is 2. The number of rotatable bonds is 6. The average Bonchev–Trinajstić information content (AvgIpc) is 3.10. The second kappa shape index (κ2) is 8.40. The van der Waals surface area contributed by atoms with E-state index in [0.29, 0.717) is 30.8 Å². The summed E-state index contributed by atoms with van der Waals surface area (Å²) in [4.78, 5) is 30.2. The minimum atomic E-state index is -0.790. The summed E-state index contributed by atoms with van der Waals surface area (Å²) < 4.78 is 13.0. The third kappa shape index (κ3) is 4.88. The summed E-state index contributed by atoms with van der Waals surface area (Å²) in [7, 11) is 0. The van der Waals surface area contributed by atoms with E-state index in [1.165, 1.54) is 23.5 Å². The summed E-state index contributed by atoms with van der Waals surface area (Å²) in [5, 5.41) is 9.65. The van der Waals surface area contributed by atoms with Crippen LogP contribution in [0.15, 0.2) is 30.5 Å². The molecule has 0 saturated carbocycles. The Balaban J connectivity index is 1.60. The molecule has 0 spiro atoms. The Hall–Kier alpha value is -2.28. The molecule has 2 heterocycles. The van der Waals surface area contributed by atoms with Crippen LogP contribution in [0.4, 0.5) is 4.39 Å². The summed E-state index contributed by atoms with van der Waals surface area (Å²) in [5.74, 6) is -0.851. The molecule has 0 bridgehead atoms. The molecule has 0 aliphatic carbocycles. The fourth-order valence-corrected chi connectivity index (χ4v) is 4.16. The van der Waals surface area contributed by atoms with E-state index in [-0.39, 0.29) is 24.1 Å². The van der Waals surface area contributed by atoms with Crippen LogP contribution in [-0.2, 0) is 11.2 Å². The van der Waals surface area contributed by atoms with E-state index < -0.39 is 5.97 Å². The van der Waals surface area contributed by atoms with Crippen molar-refractivity contribution in [3.63, 3.8) is 0 Å². The fraction of sp³-hybridized carbons (Fsp3) is 0.421. The predicted molar refractivity (Wildman–Crippen MR) is 96.8 cm³/mol. The topological polar surface area (TPSA) is 70.5 Å². The van der Waals surface area contributed by atoms with E-state index in [9.17, 15) is 14.0 Å². The van der Waals surface area contributed by atoms with Crippen molar-refractivity contribution in [3.05, 3.63) is 51.7 Å². The molecule has 0 radical (unpaired) electrons. The van der Waals surface area contributed by atoms with Gasteiger partial charge in [-0.05, 0) is 42.9 Å². The van der Waals surface area contributed by atoms with E-state index in [0.717, 1.165) is 23.4 Å². The SMILES string of the molecule is O=C(O)CC[C@H]1CCCN(C(=O)c2cnc(Cc3ccc(F)cc3)s2)C1. The van der Waals surface area contributed by atoms with Crippen LogP contribution in [0.2, 0.25) is 0 Å². The molecule has 7 heteroatoms. The number of piperidine rings is 1. The third-order valence-electron chi connectivity index (χ3n) is 4.61. The van der Waals surface area contributed by atoms with Crippen molar-refractivity contribution in [2.24, 2.45) is 5.92 Å². The molecular formula is C19H21FN2O3S. The summed E-state index contributed by atoms with van der Waals surface area (Å²) in [6, 6.07) is 6.27. The van der Waals surface area contributed by atoms with Gasteiger partial charge in [-0.1, -0.05) is 12.1 Å². The number of carboxylic acid groups (broad SMARTS) is 1. The number of thiazole rings is 1. The highest BCUT2D eigenvalue weighted by molar-refractivity contribution is 7.13. The molecular weight excluding hydrogens is 355 g/mol. The zero-order valence-corrected chi connectivity index (χ0v) is 15.2. The lowest BCUT2D eigenvalue weighted by molar-refractivity contribution is -0.137. The highest BCUT2D eigenvalue weighted by Gasteiger charge is 2.26. The molecule has 138 valence electrons. The number of carbonyl (C=O) groups excluding carboxylic acids is 1. The van der Waals surface area contributed by atoms with Crippen molar-refractivity contribution in [2.45, 2.75) is 32.1 Å². The van der Waals surface area contributed by atoms with E-state index in [2.05, 4.69) is 4.98 Å². The maximum absolute atomic E-state index is 13.0. The Morgan fingerprint density at radius 1 is 1.31 bits per heavy atom.